The highest BCUT2D eigenvalue weighted by atomic mass is 16.5. The average molecular weight is 340 g/mol. The number of hydrogen-bond donors (Lipinski definition) is 1. The van der Waals surface area contributed by atoms with E-state index in [0.29, 0.717) is 28.3 Å². The van der Waals surface area contributed by atoms with Crippen molar-refractivity contribution in [2.75, 3.05) is 31.4 Å². The summed E-state index contributed by atoms with van der Waals surface area (Å²) >= 11 is 0. The number of nitrogens with two attached hydrogens (primary N) is 1. The first-order valence-electron chi connectivity index (χ1n) is 7.97. The number of fused-ring (bicyclic) bond motifs is 1. The Labute approximate surface area is 146 Å². The van der Waals surface area contributed by atoms with E-state index in [1.807, 2.05) is 12.1 Å². The molecule has 1 heterocycles. The minimum absolute atomic E-state index is 0.172. The fraction of sp³-hybridized carbons (Fsp3) is 0.263. The van der Waals surface area contributed by atoms with Gasteiger partial charge in [0.1, 0.15) is 5.75 Å². The van der Waals surface area contributed by atoms with Gasteiger partial charge in [0.25, 0.3) is 5.91 Å². The summed E-state index contributed by atoms with van der Waals surface area (Å²) in [5.41, 5.74) is 6.50. The van der Waals surface area contributed by atoms with E-state index in [4.69, 9.17) is 15.2 Å². The van der Waals surface area contributed by atoms with Crippen molar-refractivity contribution in [1.82, 2.24) is 0 Å². The summed E-state index contributed by atoms with van der Waals surface area (Å²) in [5.74, 6) is -0.566. The van der Waals surface area contributed by atoms with Crippen LogP contribution in [0, 0.1) is 0 Å². The number of esters is 1. The summed E-state index contributed by atoms with van der Waals surface area (Å²) in [5, 5.41) is 0. The van der Waals surface area contributed by atoms with E-state index in [1.165, 1.54) is 12.0 Å². The fourth-order valence-corrected chi connectivity index (χ4v) is 3.34. The van der Waals surface area contributed by atoms with E-state index >= 15 is 0 Å². The molecule has 6 nitrogen and oxygen atoms in total. The van der Waals surface area contributed by atoms with Crippen LogP contribution in [0.3, 0.4) is 0 Å². The number of benzene rings is 2. The zero-order chi connectivity index (χ0) is 18.2. The Bertz CT molecular complexity index is 849. The minimum Gasteiger partial charge on any atom is -0.495 e. The van der Waals surface area contributed by atoms with Gasteiger partial charge in [0.05, 0.1) is 19.4 Å². The molecular formula is C19H20N2O4. The highest BCUT2D eigenvalue weighted by molar-refractivity contribution is 6.23. The van der Waals surface area contributed by atoms with Crippen molar-refractivity contribution in [2.24, 2.45) is 0 Å². The second-order valence-electron chi connectivity index (χ2n) is 5.81. The number of ether oxygens (including phenoxy) is 2. The molecule has 0 bridgehead atoms. The van der Waals surface area contributed by atoms with E-state index < -0.39 is 11.4 Å². The third-order valence-electron chi connectivity index (χ3n) is 4.54. The lowest BCUT2D eigenvalue weighted by atomic mass is 9.75. The van der Waals surface area contributed by atoms with Gasteiger partial charge < -0.3 is 20.1 Å². The largest absolute Gasteiger partial charge is 0.495 e. The van der Waals surface area contributed by atoms with Crippen LogP contribution in [-0.4, -0.2) is 32.6 Å². The van der Waals surface area contributed by atoms with Gasteiger partial charge in [0, 0.05) is 18.3 Å². The summed E-state index contributed by atoms with van der Waals surface area (Å²) in [6, 6.07) is 12.1. The Balaban J connectivity index is 2.33. The number of likely N-dealkylation sites (N-methyl/N-ethyl adjacent to an activating group) is 1. The topological polar surface area (TPSA) is 81.9 Å². The molecule has 2 N–H and O–H groups in total. The molecule has 2 aromatic rings. The molecule has 0 saturated heterocycles. The maximum atomic E-state index is 13.2. The fourth-order valence-electron chi connectivity index (χ4n) is 3.34. The number of anilines is 2. The lowest BCUT2D eigenvalue weighted by Crippen LogP contribution is -2.47. The maximum absolute atomic E-state index is 13.2. The molecule has 1 atom stereocenters. The van der Waals surface area contributed by atoms with Crippen molar-refractivity contribution in [3.63, 3.8) is 0 Å². The first-order valence-corrected chi connectivity index (χ1v) is 7.97. The number of methoxy groups -OCH3 is 1. The number of carbonyl (C=O) groups is 2. The van der Waals surface area contributed by atoms with E-state index in [-0.39, 0.29) is 12.5 Å². The molecular weight excluding hydrogens is 320 g/mol. The number of amides is 1. The Morgan fingerprint density at radius 2 is 1.96 bits per heavy atom. The number of nitrogens with zero attached hydrogens (tertiary/aromatic N) is 1. The molecule has 25 heavy (non-hydrogen) atoms. The lowest BCUT2D eigenvalue weighted by molar-refractivity contribution is -0.151. The zero-order valence-electron chi connectivity index (χ0n) is 14.4. The molecule has 0 aromatic heterocycles. The summed E-state index contributed by atoms with van der Waals surface area (Å²) in [4.78, 5) is 27.7. The predicted molar refractivity (Wildman–Crippen MR) is 94.7 cm³/mol. The van der Waals surface area contributed by atoms with Crippen molar-refractivity contribution >= 4 is 23.3 Å². The number of carbonyl (C=O) groups excluding carboxylic acids is 2. The number of para-hydroxylation sites is 1. The summed E-state index contributed by atoms with van der Waals surface area (Å²) in [6.07, 6.45) is 0. The predicted octanol–water partition coefficient (Wildman–Crippen LogP) is 2.10. The number of hydrogen-bond acceptors (Lipinski definition) is 5. The molecule has 0 fully saturated rings. The standard InChI is InChI=1S/C19H20N2O4/c1-4-25-18(23)19(12-9-10-14(20)16(11-12)24-3)13-7-5-6-8-15(13)21(2)17(19)22/h5-11H,4,20H2,1-3H3/t19-/m1/s1. The molecule has 6 heteroatoms. The molecule has 1 aliphatic heterocycles. The Morgan fingerprint density at radius 3 is 2.64 bits per heavy atom. The first-order chi connectivity index (χ1) is 12.0. The van der Waals surface area contributed by atoms with Crippen molar-refractivity contribution in [1.29, 1.82) is 0 Å². The summed E-state index contributed by atoms with van der Waals surface area (Å²) in [7, 11) is 3.14. The van der Waals surface area contributed by atoms with Gasteiger partial charge in [0.2, 0.25) is 0 Å². The van der Waals surface area contributed by atoms with Crippen LogP contribution in [0.4, 0.5) is 11.4 Å². The van der Waals surface area contributed by atoms with Crippen LogP contribution in [-0.2, 0) is 19.7 Å². The number of rotatable bonds is 4. The van der Waals surface area contributed by atoms with E-state index in [0.717, 1.165) is 0 Å². The molecule has 0 unspecified atom stereocenters. The summed E-state index contributed by atoms with van der Waals surface area (Å²) in [6.45, 7) is 1.88. The molecule has 2 aromatic carbocycles. The third kappa shape index (κ3) is 2.25. The molecule has 130 valence electrons. The van der Waals surface area contributed by atoms with E-state index in [9.17, 15) is 9.59 Å². The van der Waals surface area contributed by atoms with E-state index in [2.05, 4.69) is 0 Å². The molecule has 0 saturated carbocycles. The highest BCUT2D eigenvalue weighted by Gasteiger charge is 2.58. The highest BCUT2D eigenvalue weighted by Crippen LogP contribution is 2.47. The quantitative estimate of drug-likeness (QED) is 0.524. The van der Waals surface area contributed by atoms with Crippen LogP contribution in [0.5, 0.6) is 5.75 Å². The molecule has 0 spiro atoms. The monoisotopic (exact) mass is 340 g/mol. The van der Waals surface area contributed by atoms with Gasteiger partial charge in [-0.15, -0.1) is 0 Å². The Kier molecular flexibility index (Phi) is 4.12. The summed E-state index contributed by atoms with van der Waals surface area (Å²) < 4.78 is 10.6. The van der Waals surface area contributed by atoms with Crippen molar-refractivity contribution in [3.05, 3.63) is 53.6 Å². The Morgan fingerprint density at radius 1 is 1.24 bits per heavy atom. The van der Waals surface area contributed by atoms with Crippen molar-refractivity contribution in [2.45, 2.75) is 12.3 Å². The zero-order valence-corrected chi connectivity index (χ0v) is 14.4. The molecule has 3 rings (SSSR count). The normalized spacial score (nSPS) is 18.8. The van der Waals surface area contributed by atoms with Crippen LogP contribution in [0.2, 0.25) is 0 Å². The van der Waals surface area contributed by atoms with Crippen LogP contribution < -0.4 is 15.4 Å². The van der Waals surface area contributed by atoms with Gasteiger partial charge in [0.15, 0.2) is 5.41 Å². The van der Waals surface area contributed by atoms with Gasteiger partial charge in [-0.3, -0.25) is 9.59 Å². The van der Waals surface area contributed by atoms with Gasteiger partial charge >= 0.3 is 5.97 Å². The molecule has 1 aliphatic rings. The molecule has 0 aliphatic carbocycles. The van der Waals surface area contributed by atoms with Crippen LogP contribution in [0.25, 0.3) is 0 Å². The van der Waals surface area contributed by atoms with Crippen molar-refractivity contribution < 1.29 is 19.1 Å². The smallest absolute Gasteiger partial charge is 0.330 e. The van der Waals surface area contributed by atoms with E-state index in [1.54, 1.807) is 44.3 Å². The first kappa shape index (κ1) is 16.8. The third-order valence-corrected chi connectivity index (χ3v) is 4.54. The second kappa shape index (κ2) is 6.12. The SMILES string of the molecule is CCOC(=O)[C@@]1(c2ccc(N)c(OC)c2)C(=O)N(C)c2ccccc21. The number of nitrogen functional groups attached to an aromatic ring is 1. The second-order valence-corrected chi connectivity index (χ2v) is 5.81. The van der Waals surface area contributed by atoms with Gasteiger partial charge in [-0.2, -0.15) is 0 Å². The van der Waals surface area contributed by atoms with Crippen molar-refractivity contribution in [3.8, 4) is 5.75 Å². The molecule has 0 radical (unpaired) electrons. The minimum atomic E-state index is -1.57. The molecule has 1 amide bonds. The Hall–Kier alpha value is -3.02. The van der Waals surface area contributed by atoms with Gasteiger partial charge in [-0.05, 0) is 30.7 Å². The van der Waals surface area contributed by atoms with Crippen LogP contribution >= 0.6 is 0 Å². The van der Waals surface area contributed by atoms with Gasteiger partial charge in [-0.25, -0.2) is 0 Å². The maximum Gasteiger partial charge on any atom is 0.330 e. The lowest BCUT2D eigenvalue weighted by Gasteiger charge is -2.27. The van der Waals surface area contributed by atoms with Crippen LogP contribution in [0.15, 0.2) is 42.5 Å². The average Bonchev–Trinajstić information content (AvgIpc) is 2.85. The van der Waals surface area contributed by atoms with Gasteiger partial charge in [-0.1, -0.05) is 24.3 Å². The van der Waals surface area contributed by atoms with Crippen LogP contribution in [0.1, 0.15) is 18.1 Å².